The summed E-state index contributed by atoms with van der Waals surface area (Å²) in [6, 6.07) is 12.6. The van der Waals surface area contributed by atoms with Crippen LogP contribution in [0.2, 0.25) is 0 Å². The Balaban J connectivity index is 1.53. The molecule has 0 saturated carbocycles. The summed E-state index contributed by atoms with van der Waals surface area (Å²) in [5.41, 5.74) is 1.40. The summed E-state index contributed by atoms with van der Waals surface area (Å²) in [6.07, 6.45) is 3.21. The number of nitro benzene ring substituents is 2. The molecular weight excluding hydrogens is 364 g/mol. The van der Waals surface area contributed by atoms with Gasteiger partial charge in [0.1, 0.15) is 0 Å². The molecule has 0 bridgehead atoms. The fourth-order valence-corrected chi connectivity index (χ4v) is 2.65. The molecule has 0 atom stereocenters. The molecule has 1 aliphatic heterocycles. The number of non-ortho nitro benzene ring substituents is 2. The van der Waals surface area contributed by atoms with E-state index in [2.05, 4.69) is 10.2 Å². The molecule has 2 aromatic rings. The Morgan fingerprint density at radius 1 is 0.750 bits per heavy atom. The fourth-order valence-electron chi connectivity index (χ4n) is 2.65. The molecule has 0 aliphatic carbocycles. The van der Waals surface area contributed by atoms with Gasteiger partial charge in [0.2, 0.25) is 0 Å². The molecule has 1 fully saturated rings. The average molecular weight is 382 g/mol. The van der Waals surface area contributed by atoms with Gasteiger partial charge in [-0.1, -0.05) is 24.3 Å². The first-order chi connectivity index (χ1) is 13.5. The zero-order valence-corrected chi connectivity index (χ0v) is 14.9. The van der Waals surface area contributed by atoms with Crippen LogP contribution in [0.3, 0.4) is 0 Å². The molecule has 0 N–H and O–H groups in total. The van der Waals surface area contributed by atoms with Crippen molar-refractivity contribution in [2.75, 3.05) is 26.2 Å². The zero-order chi connectivity index (χ0) is 19.9. The lowest BCUT2D eigenvalue weighted by Gasteiger charge is -2.31. The van der Waals surface area contributed by atoms with Gasteiger partial charge in [0.05, 0.1) is 48.5 Å². The van der Waals surface area contributed by atoms with Crippen LogP contribution >= 0.6 is 0 Å². The number of hydrazone groups is 2. The Bertz CT molecular complexity index is 846. The molecule has 2 aromatic carbocycles. The van der Waals surface area contributed by atoms with E-state index < -0.39 is 9.85 Å². The lowest BCUT2D eigenvalue weighted by Crippen LogP contribution is -2.41. The smallest absolute Gasteiger partial charge is 0.270 e. The maximum Gasteiger partial charge on any atom is 0.270 e. The molecule has 0 spiro atoms. The number of nitrogens with zero attached hydrogens (tertiary/aromatic N) is 6. The van der Waals surface area contributed by atoms with Crippen molar-refractivity contribution in [1.29, 1.82) is 0 Å². The molecule has 1 aliphatic rings. The summed E-state index contributed by atoms with van der Waals surface area (Å²) in [4.78, 5) is 20.7. The van der Waals surface area contributed by atoms with Crippen molar-refractivity contribution in [2.24, 2.45) is 10.2 Å². The van der Waals surface area contributed by atoms with E-state index in [1.165, 1.54) is 24.3 Å². The largest absolute Gasteiger partial charge is 0.293 e. The van der Waals surface area contributed by atoms with Crippen molar-refractivity contribution in [1.82, 2.24) is 10.0 Å². The molecular formula is C18H18N6O4. The van der Waals surface area contributed by atoms with Crippen molar-refractivity contribution < 1.29 is 9.85 Å². The van der Waals surface area contributed by atoms with Crippen LogP contribution in [-0.4, -0.2) is 58.5 Å². The third-order valence-corrected chi connectivity index (χ3v) is 4.13. The minimum atomic E-state index is -0.435. The van der Waals surface area contributed by atoms with E-state index in [1.807, 2.05) is 10.0 Å². The van der Waals surface area contributed by atoms with Gasteiger partial charge in [-0.15, -0.1) is 0 Å². The Labute approximate surface area is 160 Å². The standard InChI is InChI=1S/C18H18N6O4/c25-23(26)17-5-1-3-15(11-17)13-19-21-7-9-22(10-8-21)20-14-16-4-2-6-18(12-16)24(27)28/h1-6,11-14H,7-10H2/b19-13-,20-14+. The highest BCUT2D eigenvalue weighted by atomic mass is 16.6. The highest BCUT2D eigenvalue weighted by Gasteiger charge is 2.13. The van der Waals surface area contributed by atoms with Gasteiger partial charge in [0.25, 0.3) is 11.4 Å². The van der Waals surface area contributed by atoms with Crippen molar-refractivity contribution in [3.8, 4) is 0 Å². The molecule has 3 rings (SSSR count). The molecule has 144 valence electrons. The van der Waals surface area contributed by atoms with Gasteiger partial charge in [-0.25, -0.2) is 0 Å². The van der Waals surface area contributed by atoms with Gasteiger partial charge >= 0.3 is 0 Å². The van der Waals surface area contributed by atoms with Gasteiger partial charge in [0, 0.05) is 35.4 Å². The second-order valence-corrected chi connectivity index (χ2v) is 6.10. The van der Waals surface area contributed by atoms with E-state index in [4.69, 9.17) is 0 Å². The van der Waals surface area contributed by atoms with Crippen LogP contribution < -0.4 is 0 Å². The number of piperazine rings is 1. The van der Waals surface area contributed by atoms with Crippen LogP contribution in [0, 0.1) is 20.2 Å². The van der Waals surface area contributed by atoms with Crippen molar-refractivity contribution in [2.45, 2.75) is 0 Å². The van der Waals surface area contributed by atoms with Crippen LogP contribution in [0.5, 0.6) is 0 Å². The molecule has 0 amide bonds. The first kappa shape index (κ1) is 19.0. The maximum absolute atomic E-state index is 10.8. The van der Waals surface area contributed by atoms with E-state index in [0.29, 0.717) is 37.3 Å². The number of hydrogen-bond acceptors (Lipinski definition) is 8. The van der Waals surface area contributed by atoms with Crippen LogP contribution in [-0.2, 0) is 0 Å². The predicted molar refractivity (Wildman–Crippen MR) is 105 cm³/mol. The lowest BCUT2D eigenvalue weighted by molar-refractivity contribution is -0.385. The maximum atomic E-state index is 10.8. The van der Waals surface area contributed by atoms with Gasteiger partial charge < -0.3 is 0 Å². The summed E-state index contributed by atoms with van der Waals surface area (Å²) in [6.45, 7) is 2.60. The summed E-state index contributed by atoms with van der Waals surface area (Å²) in [5.74, 6) is 0. The third kappa shape index (κ3) is 5.10. The lowest BCUT2D eigenvalue weighted by atomic mass is 10.2. The molecule has 10 heteroatoms. The minimum Gasteiger partial charge on any atom is -0.293 e. The Morgan fingerprint density at radius 3 is 1.50 bits per heavy atom. The van der Waals surface area contributed by atoms with Gasteiger partial charge in [-0.05, 0) is 0 Å². The number of rotatable bonds is 6. The molecule has 0 aromatic heterocycles. The molecule has 1 saturated heterocycles. The molecule has 0 radical (unpaired) electrons. The van der Waals surface area contributed by atoms with Crippen LogP contribution in [0.4, 0.5) is 11.4 Å². The summed E-state index contributed by atoms with van der Waals surface area (Å²) in [7, 11) is 0. The Kier molecular flexibility index (Phi) is 5.90. The van der Waals surface area contributed by atoms with E-state index in [1.54, 1.807) is 36.7 Å². The quantitative estimate of drug-likeness (QED) is 0.430. The molecule has 1 heterocycles. The number of hydrogen-bond donors (Lipinski definition) is 0. The SMILES string of the molecule is O=[N+]([O-])c1cccc(/C=N\N2CCN(/N=C/c3cccc([N+](=O)[O-])c3)CC2)c1. The van der Waals surface area contributed by atoms with E-state index in [0.717, 1.165) is 0 Å². The summed E-state index contributed by atoms with van der Waals surface area (Å²) >= 11 is 0. The third-order valence-electron chi connectivity index (χ3n) is 4.13. The normalized spacial score (nSPS) is 14.7. The van der Waals surface area contributed by atoms with E-state index in [-0.39, 0.29) is 11.4 Å². The Morgan fingerprint density at radius 2 is 1.14 bits per heavy atom. The first-order valence-corrected chi connectivity index (χ1v) is 8.58. The number of benzene rings is 2. The van der Waals surface area contributed by atoms with Crippen molar-refractivity contribution in [3.05, 3.63) is 79.9 Å². The fraction of sp³-hybridized carbons (Fsp3) is 0.222. The Hall–Kier alpha value is -3.82. The van der Waals surface area contributed by atoms with Crippen LogP contribution in [0.25, 0.3) is 0 Å². The molecule has 28 heavy (non-hydrogen) atoms. The number of nitro groups is 2. The molecule has 10 nitrogen and oxygen atoms in total. The second-order valence-electron chi connectivity index (χ2n) is 6.10. The minimum absolute atomic E-state index is 0.0317. The zero-order valence-electron chi connectivity index (χ0n) is 14.9. The van der Waals surface area contributed by atoms with Gasteiger partial charge in [0.15, 0.2) is 0 Å². The topological polar surface area (TPSA) is 117 Å². The van der Waals surface area contributed by atoms with E-state index in [9.17, 15) is 20.2 Å². The summed E-state index contributed by atoms with van der Waals surface area (Å²) in [5, 5.41) is 34.1. The van der Waals surface area contributed by atoms with Crippen molar-refractivity contribution >= 4 is 23.8 Å². The summed E-state index contributed by atoms with van der Waals surface area (Å²) < 4.78 is 0. The predicted octanol–water partition coefficient (Wildman–Crippen LogP) is 2.49. The van der Waals surface area contributed by atoms with Crippen LogP contribution in [0.15, 0.2) is 58.7 Å². The molecule has 0 unspecified atom stereocenters. The average Bonchev–Trinajstić information content (AvgIpc) is 2.72. The van der Waals surface area contributed by atoms with Crippen LogP contribution in [0.1, 0.15) is 11.1 Å². The first-order valence-electron chi connectivity index (χ1n) is 8.58. The highest BCUT2D eigenvalue weighted by molar-refractivity contribution is 5.81. The van der Waals surface area contributed by atoms with E-state index >= 15 is 0 Å². The van der Waals surface area contributed by atoms with Crippen molar-refractivity contribution in [3.63, 3.8) is 0 Å². The second kappa shape index (κ2) is 8.71. The highest BCUT2D eigenvalue weighted by Crippen LogP contribution is 2.13. The van der Waals surface area contributed by atoms with Gasteiger partial charge in [-0.3, -0.25) is 30.2 Å². The van der Waals surface area contributed by atoms with Gasteiger partial charge in [-0.2, -0.15) is 10.2 Å². The monoisotopic (exact) mass is 382 g/mol.